The number of piperidine rings is 1. The lowest BCUT2D eigenvalue weighted by molar-refractivity contribution is -0.107. The van der Waals surface area contributed by atoms with Gasteiger partial charge in [-0.1, -0.05) is 27.7 Å². The zero-order valence-electron chi connectivity index (χ0n) is 13.3. The number of likely N-dealkylation sites (tertiary alicyclic amines) is 1. The van der Waals surface area contributed by atoms with E-state index in [4.69, 9.17) is 0 Å². The van der Waals surface area contributed by atoms with Gasteiger partial charge in [0.05, 0.1) is 5.60 Å². The second-order valence-electron chi connectivity index (χ2n) is 7.22. The van der Waals surface area contributed by atoms with E-state index in [9.17, 15) is 5.11 Å². The van der Waals surface area contributed by atoms with E-state index in [2.05, 4.69) is 42.6 Å². The lowest BCUT2D eigenvalue weighted by Crippen LogP contribution is -2.55. The molecule has 1 aromatic heterocycles. The summed E-state index contributed by atoms with van der Waals surface area (Å²) in [6, 6.07) is 0. The van der Waals surface area contributed by atoms with E-state index in [1.54, 1.807) is 0 Å². The Morgan fingerprint density at radius 2 is 1.85 bits per heavy atom. The summed E-state index contributed by atoms with van der Waals surface area (Å²) >= 11 is 0. The van der Waals surface area contributed by atoms with Gasteiger partial charge >= 0.3 is 0 Å². The first-order valence-corrected chi connectivity index (χ1v) is 7.47. The molecule has 0 amide bonds. The molecule has 20 heavy (non-hydrogen) atoms. The van der Waals surface area contributed by atoms with Crippen LogP contribution in [-0.2, 0) is 6.54 Å². The van der Waals surface area contributed by atoms with Gasteiger partial charge < -0.3 is 5.11 Å². The summed E-state index contributed by atoms with van der Waals surface area (Å²) in [6.45, 7) is 13.1. The summed E-state index contributed by atoms with van der Waals surface area (Å²) in [5.74, 6) is 1.27. The van der Waals surface area contributed by atoms with Crippen molar-refractivity contribution in [2.75, 3.05) is 13.1 Å². The van der Waals surface area contributed by atoms with Crippen LogP contribution in [0, 0.1) is 5.41 Å². The summed E-state index contributed by atoms with van der Waals surface area (Å²) in [6.07, 6.45) is 4.68. The van der Waals surface area contributed by atoms with Crippen LogP contribution < -0.4 is 0 Å². The molecule has 0 bridgehead atoms. The molecule has 1 N–H and O–H groups in total. The topological polar surface area (TPSA) is 49.2 Å². The standard InChI is InChI=1S/C16H27N3O/c1-12(2)14-17-8-13(9-18-14)10-19-7-6-16(5,20)15(3,4)11-19/h8-9,12,20H,6-7,10-11H2,1-5H3/t16-/m0/s1. The van der Waals surface area contributed by atoms with E-state index >= 15 is 0 Å². The second-order valence-corrected chi connectivity index (χ2v) is 7.22. The van der Waals surface area contributed by atoms with Crippen molar-refractivity contribution in [1.29, 1.82) is 0 Å². The van der Waals surface area contributed by atoms with Crippen LogP contribution in [0.15, 0.2) is 12.4 Å². The minimum absolute atomic E-state index is 0.0933. The smallest absolute Gasteiger partial charge is 0.130 e. The Balaban J connectivity index is 2.01. The van der Waals surface area contributed by atoms with Crippen LogP contribution in [0.25, 0.3) is 0 Å². The molecule has 2 rings (SSSR count). The van der Waals surface area contributed by atoms with Crippen molar-refractivity contribution in [3.8, 4) is 0 Å². The Labute approximate surface area is 122 Å². The Kier molecular flexibility index (Phi) is 4.17. The van der Waals surface area contributed by atoms with E-state index in [0.717, 1.165) is 37.4 Å². The fourth-order valence-corrected chi connectivity index (χ4v) is 2.66. The molecule has 0 aromatic carbocycles. The van der Waals surface area contributed by atoms with Gasteiger partial charge in [-0.3, -0.25) is 4.90 Å². The molecule has 1 aliphatic rings. The molecular weight excluding hydrogens is 250 g/mol. The minimum Gasteiger partial charge on any atom is -0.390 e. The van der Waals surface area contributed by atoms with Crippen LogP contribution in [0.4, 0.5) is 0 Å². The maximum atomic E-state index is 10.4. The van der Waals surface area contributed by atoms with Crippen molar-refractivity contribution in [3.63, 3.8) is 0 Å². The van der Waals surface area contributed by atoms with Gasteiger partial charge in [-0.2, -0.15) is 0 Å². The van der Waals surface area contributed by atoms with Crippen LogP contribution in [-0.4, -0.2) is 38.7 Å². The van der Waals surface area contributed by atoms with Crippen molar-refractivity contribution < 1.29 is 5.11 Å². The van der Waals surface area contributed by atoms with E-state index in [1.165, 1.54) is 0 Å². The third-order valence-electron chi connectivity index (χ3n) is 4.64. The number of rotatable bonds is 3. The first kappa shape index (κ1) is 15.4. The molecule has 4 heteroatoms. The van der Waals surface area contributed by atoms with Crippen LogP contribution in [0.3, 0.4) is 0 Å². The van der Waals surface area contributed by atoms with Gasteiger partial charge in [-0.05, 0) is 13.3 Å². The number of hydrogen-bond acceptors (Lipinski definition) is 4. The van der Waals surface area contributed by atoms with Crippen molar-refractivity contribution in [3.05, 3.63) is 23.8 Å². The monoisotopic (exact) mass is 277 g/mol. The van der Waals surface area contributed by atoms with Crippen LogP contribution >= 0.6 is 0 Å². The lowest BCUT2D eigenvalue weighted by Gasteiger charge is -2.48. The van der Waals surface area contributed by atoms with Gasteiger partial charge in [0.15, 0.2) is 0 Å². The summed E-state index contributed by atoms with van der Waals surface area (Å²) in [5.41, 5.74) is 0.470. The van der Waals surface area contributed by atoms with Crippen molar-refractivity contribution in [2.45, 2.75) is 59.1 Å². The number of hydrogen-bond donors (Lipinski definition) is 1. The third-order valence-corrected chi connectivity index (χ3v) is 4.64. The number of aliphatic hydroxyl groups is 1. The second kappa shape index (κ2) is 5.41. The molecule has 1 saturated heterocycles. The highest BCUT2D eigenvalue weighted by atomic mass is 16.3. The van der Waals surface area contributed by atoms with Crippen LogP contribution in [0.5, 0.6) is 0 Å². The molecule has 112 valence electrons. The Bertz CT molecular complexity index is 451. The lowest BCUT2D eigenvalue weighted by atomic mass is 9.71. The van der Waals surface area contributed by atoms with E-state index in [1.807, 2.05) is 19.3 Å². The van der Waals surface area contributed by atoms with Crippen LogP contribution in [0.2, 0.25) is 0 Å². The summed E-state index contributed by atoms with van der Waals surface area (Å²) < 4.78 is 0. The van der Waals surface area contributed by atoms with Crippen molar-refractivity contribution >= 4 is 0 Å². The Morgan fingerprint density at radius 1 is 1.25 bits per heavy atom. The predicted octanol–water partition coefficient (Wildman–Crippen LogP) is 2.58. The van der Waals surface area contributed by atoms with Gasteiger partial charge in [0.25, 0.3) is 0 Å². The fourth-order valence-electron chi connectivity index (χ4n) is 2.66. The largest absolute Gasteiger partial charge is 0.390 e. The summed E-state index contributed by atoms with van der Waals surface area (Å²) in [7, 11) is 0. The zero-order valence-corrected chi connectivity index (χ0v) is 13.3. The molecule has 0 radical (unpaired) electrons. The maximum Gasteiger partial charge on any atom is 0.130 e. The molecule has 4 nitrogen and oxygen atoms in total. The average molecular weight is 277 g/mol. The number of nitrogens with zero attached hydrogens (tertiary/aromatic N) is 3. The predicted molar refractivity (Wildman–Crippen MR) is 80.4 cm³/mol. The Hall–Kier alpha value is -1.00. The van der Waals surface area contributed by atoms with Gasteiger partial charge in [0, 0.05) is 48.9 Å². The molecule has 1 atom stereocenters. The normalized spacial score (nSPS) is 26.9. The number of aromatic nitrogens is 2. The fraction of sp³-hybridized carbons (Fsp3) is 0.750. The first-order chi connectivity index (χ1) is 9.21. The third kappa shape index (κ3) is 3.18. The summed E-state index contributed by atoms with van der Waals surface area (Å²) in [4.78, 5) is 11.2. The molecule has 0 aliphatic carbocycles. The van der Waals surface area contributed by atoms with Gasteiger partial charge in [-0.15, -0.1) is 0 Å². The first-order valence-electron chi connectivity index (χ1n) is 7.47. The molecule has 0 saturated carbocycles. The molecular formula is C16H27N3O. The van der Waals surface area contributed by atoms with Gasteiger partial charge in [0.1, 0.15) is 5.82 Å². The molecule has 0 spiro atoms. The highest BCUT2D eigenvalue weighted by Crippen LogP contribution is 2.38. The van der Waals surface area contributed by atoms with Crippen molar-refractivity contribution in [1.82, 2.24) is 14.9 Å². The van der Waals surface area contributed by atoms with Crippen molar-refractivity contribution in [2.24, 2.45) is 5.41 Å². The molecule has 1 aliphatic heterocycles. The van der Waals surface area contributed by atoms with E-state index in [0.29, 0.717) is 5.92 Å². The van der Waals surface area contributed by atoms with Gasteiger partial charge in [0.2, 0.25) is 0 Å². The molecule has 2 heterocycles. The maximum absolute atomic E-state index is 10.4. The minimum atomic E-state index is -0.582. The van der Waals surface area contributed by atoms with E-state index < -0.39 is 5.60 Å². The van der Waals surface area contributed by atoms with E-state index in [-0.39, 0.29) is 5.41 Å². The highest BCUT2D eigenvalue weighted by Gasteiger charge is 2.43. The summed E-state index contributed by atoms with van der Waals surface area (Å²) in [5, 5.41) is 10.4. The highest BCUT2D eigenvalue weighted by molar-refractivity contribution is 5.08. The molecule has 1 fully saturated rings. The van der Waals surface area contributed by atoms with Gasteiger partial charge in [-0.25, -0.2) is 9.97 Å². The molecule has 0 unspecified atom stereocenters. The SMILES string of the molecule is CC(C)c1ncc(CN2CC[C@](C)(O)C(C)(C)C2)cn1. The molecule has 1 aromatic rings. The quantitative estimate of drug-likeness (QED) is 0.922. The van der Waals surface area contributed by atoms with Crippen LogP contribution in [0.1, 0.15) is 58.3 Å². The Morgan fingerprint density at radius 3 is 2.35 bits per heavy atom. The zero-order chi connectivity index (χ0) is 15.0. The average Bonchev–Trinajstić information content (AvgIpc) is 2.35.